The quantitative estimate of drug-likeness (QED) is 0.560. The maximum absolute atomic E-state index is 11.0. The molecule has 0 bridgehead atoms. The average Bonchev–Trinajstić information content (AvgIpc) is 3.16. The summed E-state index contributed by atoms with van der Waals surface area (Å²) in [5.41, 5.74) is 7.84. The molecule has 0 saturated carbocycles. The van der Waals surface area contributed by atoms with Crippen LogP contribution in [0.2, 0.25) is 0 Å². The third-order valence-corrected chi connectivity index (χ3v) is 6.65. The van der Waals surface area contributed by atoms with E-state index < -0.39 is 0 Å². The van der Waals surface area contributed by atoms with Gasteiger partial charge >= 0.3 is 0 Å². The molecule has 10 heteroatoms. The van der Waals surface area contributed by atoms with E-state index in [9.17, 15) is 10.1 Å². The van der Waals surface area contributed by atoms with Crippen molar-refractivity contribution in [3.05, 3.63) is 30.1 Å². The normalized spacial score (nSPS) is 14.5. The van der Waals surface area contributed by atoms with Gasteiger partial charge in [0.25, 0.3) is 0 Å². The summed E-state index contributed by atoms with van der Waals surface area (Å²) in [6.45, 7) is 2.31. The molecular weight excluding hydrogens is 414 g/mol. The van der Waals surface area contributed by atoms with Crippen LogP contribution in [0.4, 0.5) is 5.82 Å². The SMILES string of the molecule is COc1ccc(C#N)c(Sc2nc3c(N)ncnc3n2CCC2CCN(C=O)CC2)c1. The second-order valence-corrected chi connectivity index (χ2v) is 8.44. The fourth-order valence-corrected chi connectivity index (χ4v) is 4.80. The highest BCUT2D eigenvalue weighted by Crippen LogP contribution is 2.35. The van der Waals surface area contributed by atoms with E-state index in [0.29, 0.717) is 45.9 Å². The van der Waals surface area contributed by atoms with Crippen molar-refractivity contribution < 1.29 is 9.53 Å². The number of methoxy groups -OCH3 is 1. The van der Waals surface area contributed by atoms with Crippen molar-refractivity contribution in [2.24, 2.45) is 5.92 Å². The molecule has 0 radical (unpaired) electrons. The highest BCUT2D eigenvalue weighted by molar-refractivity contribution is 7.99. The van der Waals surface area contributed by atoms with Crippen LogP contribution in [-0.4, -0.2) is 51.0 Å². The second-order valence-electron chi connectivity index (χ2n) is 7.43. The first-order chi connectivity index (χ1) is 15.1. The lowest BCUT2D eigenvalue weighted by Gasteiger charge is -2.29. The van der Waals surface area contributed by atoms with Crippen LogP contribution in [0.5, 0.6) is 5.75 Å². The van der Waals surface area contributed by atoms with Gasteiger partial charge in [-0.05, 0) is 43.4 Å². The lowest BCUT2D eigenvalue weighted by molar-refractivity contribution is -0.119. The summed E-state index contributed by atoms with van der Waals surface area (Å²) in [6, 6.07) is 7.56. The van der Waals surface area contributed by atoms with Crippen LogP contribution < -0.4 is 10.5 Å². The van der Waals surface area contributed by atoms with Gasteiger partial charge in [-0.1, -0.05) is 11.8 Å². The molecule has 2 aromatic heterocycles. The van der Waals surface area contributed by atoms with Gasteiger partial charge in [0.05, 0.1) is 12.7 Å². The Labute approximate surface area is 184 Å². The molecule has 2 N–H and O–H groups in total. The van der Waals surface area contributed by atoms with Gasteiger partial charge in [0, 0.05) is 24.5 Å². The standard InChI is InChI=1S/C21H23N7O2S/c1-30-16-3-2-15(11-22)17(10-16)31-21-26-18-19(23)24-12-25-20(18)28(21)9-6-14-4-7-27(13-29)8-5-14/h2-3,10,12-14H,4-9H2,1H3,(H2,23,24,25). The zero-order valence-corrected chi connectivity index (χ0v) is 18.0. The lowest BCUT2D eigenvalue weighted by atomic mass is 9.94. The molecule has 31 heavy (non-hydrogen) atoms. The van der Waals surface area contributed by atoms with Crippen molar-refractivity contribution in [1.82, 2.24) is 24.4 Å². The van der Waals surface area contributed by atoms with Gasteiger partial charge in [0.2, 0.25) is 6.41 Å². The van der Waals surface area contributed by atoms with Crippen LogP contribution in [-0.2, 0) is 11.3 Å². The molecule has 3 heterocycles. The first-order valence-electron chi connectivity index (χ1n) is 10.0. The van der Waals surface area contributed by atoms with Gasteiger partial charge in [0.1, 0.15) is 18.1 Å². The number of nitriles is 1. The molecular formula is C21H23N7O2S. The molecule has 1 amide bonds. The summed E-state index contributed by atoms with van der Waals surface area (Å²) in [5, 5.41) is 10.2. The molecule has 1 aromatic carbocycles. The molecule has 4 rings (SSSR count). The number of rotatable bonds is 7. The van der Waals surface area contributed by atoms with Gasteiger partial charge in [-0.2, -0.15) is 5.26 Å². The van der Waals surface area contributed by atoms with Crippen LogP contribution in [0.15, 0.2) is 34.6 Å². The molecule has 1 fully saturated rings. The zero-order valence-electron chi connectivity index (χ0n) is 17.2. The number of amides is 1. The Kier molecular flexibility index (Phi) is 6.23. The predicted molar refractivity (Wildman–Crippen MR) is 117 cm³/mol. The van der Waals surface area contributed by atoms with Gasteiger partial charge in [0.15, 0.2) is 22.1 Å². The summed E-state index contributed by atoms with van der Waals surface area (Å²) in [4.78, 5) is 26.7. The summed E-state index contributed by atoms with van der Waals surface area (Å²) in [7, 11) is 1.59. The molecule has 0 unspecified atom stereocenters. The summed E-state index contributed by atoms with van der Waals surface area (Å²) in [5.74, 6) is 1.53. The first-order valence-corrected chi connectivity index (χ1v) is 10.9. The van der Waals surface area contributed by atoms with Gasteiger partial charge in [-0.15, -0.1) is 0 Å². The fourth-order valence-electron chi connectivity index (χ4n) is 3.78. The van der Waals surface area contributed by atoms with E-state index in [-0.39, 0.29) is 0 Å². The Morgan fingerprint density at radius 3 is 2.87 bits per heavy atom. The minimum Gasteiger partial charge on any atom is -0.497 e. The van der Waals surface area contributed by atoms with Crippen molar-refractivity contribution in [3.8, 4) is 11.8 Å². The van der Waals surface area contributed by atoms with Crippen LogP contribution >= 0.6 is 11.8 Å². The smallest absolute Gasteiger partial charge is 0.209 e. The Morgan fingerprint density at radius 2 is 2.16 bits per heavy atom. The summed E-state index contributed by atoms with van der Waals surface area (Å²) >= 11 is 1.39. The number of aromatic nitrogens is 4. The first kappa shape index (κ1) is 20.9. The molecule has 160 valence electrons. The van der Waals surface area contributed by atoms with E-state index >= 15 is 0 Å². The Morgan fingerprint density at radius 1 is 1.35 bits per heavy atom. The minimum atomic E-state index is 0.330. The number of carbonyl (C=O) groups is 1. The Hall–Kier alpha value is -3.32. The van der Waals surface area contributed by atoms with Crippen molar-refractivity contribution in [3.63, 3.8) is 0 Å². The number of piperidine rings is 1. The van der Waals surface area contributed by atoms with E-state index in [1.807, 2.05) is 15.5 Å². The molecule has 1 saturated heterocycles. The van der Waals surface area contributed by atoms with E-state index in [1.165, 1.54) is 18.1 Å². The van der Waals surface area contributed by atoms with Gasteiger partial charge < -0.3 is 19.9 Å². The largest absolute Gasteiger partial charge is 0.497 e. The number of hydrogen-bond acceptors (Lipinski definition) is 8. The monoisotopic (exact) mass is 437 g/mol. The number of nitrogens with two attached hydrogens (primary N) is 1. The predicted octanol–water partition coefficient (Wildman–Crippen LogP) is 2.70. The highest BCUT2D eigenvalue weighted by Gasteiger charge is 2.21. The molecule has 0 aliphatic carbocycles. The van der Waals surface area contributed by atoms with Crippen molar-refractivity contribution >= 4 is 35.2 Å². The Bertz CT molecular complexity index is 1130. The fraction of sp³-hybridized carbons (Fsp3) is 0.381. The maximum atomic E-state index is 11.0. The number of fused-ring (bicyclic) bond motifs is 1. The molecule has 0 spiro atoms. The number of likely N-dealkylation sites (tertiary alicyclic amines) is 1. The lowest BCUT2D eigenvalue weighted by Crippen LogP contribution is -2.32. The molecule has 3 aromatic rings. The number of nitrogens with zero attached hydrogens (tertiary/aromatic N) is 6. The van der Waals surface area contributed by atoms with Crippen LogP contribution in [0, 0.1) is 17.2 Å². The number of imidazole rings is 1. The second kappa shape index (κ2) is 9.22. The van der Waals surface area contributed by atoms with Crippen molar-refractivity contribution in [2.75, 3.05) is 25.9 Å². The number of anilines is 1. The minimum absolute atomic E-state index is 0.330. The molecule has 1 aliphatic heterocycles. The third kappa shape index (κ3) is 4.41. The zero-order chi connectivity index (χ0) is 21.8. The average molecular weight is 438 g/mol. The van der Waals surface area contributed by atoms with Crippen LogP contribution in [0.25, 0.3) is 11.2 Å². The van der Waals surface area contributed by atoms with E-state index in [1.54, 1.807) is 19.2 Å². The van der Waals surface area contributed by atoms with Crippen LogP contribution in [0.1, 0.15) is 24.8 Å². The van der Waals surface area contributed by atoms with E-state index in [4.69, 9.17) is 15.5 Å². The van der Waals surface area contributed by atoms with E-state index in [0.717, 1.165) is 43.7 Å². The van der Waals surface area contributed by atoms with Crippen molar-refractivity contribution in [2.45, 2.75) is 35.9 Å². The van der Waals surface area contributed by atoms with Crippen molar-refractivity contribution in [1.29, 1.82) is 5.26 Å². The number of hydrogen-bond donors (Lipinski definition) is 1. The highest BCUT2D eigenvalue weighted by atomic mass is 32.2. The van der Waals surface area contributed by atoms with E-state index in [2.05, 4.69) is 16.0 Å². The molecule has 1 aliphatic rings. The number of benzene rings is 1. The molecule has 0 atom stereocenters. The number of ether oxygens (including phenoxy) is 1. The number of aryl methyl sites for hydroxylation is 1. The topological polar surface area (TPSA) is 123 Å². The number of carbonyl (C=O) groups excluding carboxylic acids is 1. The third-order valence-electron chi connectivity index (χ3n) is 5.59. The summed E-state index contributed by atoms with van der Waals surface area (Å²) in [6.07, 6.45) is 5.28. The van der Waals surface area contributed by atoms with Gasteiger partial charge in [-0.3, -0.25) is 4.79 Å². The van der Waals surface area contributed by atoms with Crippen LogP contribution in [0.3, 0.4) is 0 Å². The molecule has 9 nitrogen and oxygen atoms in total. The Balaban J connectivity index is 1.64. The summed E-state index contributed by atoms with van der Waals surface area (Å²) < 4.78 is 7.37. The van der Waals surface area contributed by atoms with Gasteiger partial charge in [-0.25, -0.2) is 15.0 Å². The number of nitrogen functional groups attached to an aromatic ring is 1. The maximum Gasteiger partial charge on any atom is 0.209 e.